The Hall–Kier alpha value is -9.33. The zero-order valence-corrected chi connectivity index (χ0v) is 81.6. The van der Waals surface area contributed by atoms with Crippen LogP contribution in [0, 0.1) is 47.3 Å². The number of amides is 6. The van der Waals surface area contributed by atoms with E-state index in [0.29, 0.717) is 78.7 Å². The van der Waals surface area contributed by atoms with Gasteiger partial charge in [-0.2, -0.15) is 0 Å². The molecule has 6 amide bonds. The van der Waals surface area contributed by atoms with Crippen LogP contribution in [0.5, 0.6) is 0 Å². The minimum Gasteiger partial charge on any atom is -0.455 e. The molecule has 3 aromatic heterocycles. The summed E-state index contributed by atoms with van der Waals surface area (Å²) in [6, 6.07) is 26.6. The van der Waals surface area contributed by atoms with Gasteiger partial charge in [0, 0.05) is 124 Å². The van der Waals surface area contributed by atoms with Gasteiger partial charge in [-0.05, 0) is 139 Å². The van der Waals surface area contributed by atoms with Crippen molar-refractivity contribution >= 4 is 105 Å². The van der Waals surface area contributed by atoms with Crippen LogP contribution in [0.2, 0.25) is 0 Å². The molecule has 7 N–H and O–H groups in total. The van der Waals surface area contributed by atoms with Gasteiger partial charge in [-0.15, -0.1) is 34.0 Å². The summed E-state index contributed by atoms with van der Waals surface area (Å²) in [5.41, 5.74) is 10.1. The Balaban J connectivity index is 0.000000345. The minimum atomic E-state index is -0.804. The lowest BCUT2D eigenvalue weighted by atomic mass is 9.92. The van der Waals surface area contributed by atoms with Crippen molar-refractivity contribution in [3.63, 3.8) is 0 Å². The van der Waals surface area contributed by atoms with Gasteiger partial charge in [0.1, 0.15) is 55.5 Å². The summed E-state index contributed by atoms with van der Waals surface area (Å²) in [5.74, 6) is -2.97. The highest BCUT2D eigenvalue weighted by Gasteiger charge is 2.40. The number of Topliss-reactive ketones (excluding diaryl/α,β-unsaturated/α-hetero) is 3. The number of thiazole rings is 3. The summed E-state index contributed by atoms with van der Waals surface area (Å²) in [4.78, 5) is 172. The molecule has 17 atom stereocenters. The van der Waals surface area contributed by atoms with Crippen LogP contribution in [-0.4, -0.2) is 189 Å². The van der Waals surface area contributed by atoms with E-state index in [4.69, 9.17) is 19.9 Å². The number of carbonyl (C=O) groups is 12. The van der Waals surface area contributed by atoms with E-state index in [2.05, 4.69) is 60.3 Å². The summed E-state index contributed by atoms with van der Waals surface area (Å²) >= 11 is 3.77. The molecule has 30 heteroatoms. The number of piperidine rings is 1. The molecular weight excluding hydrogens is 1670 g/mol. The fourth-order valence-corrected chi connectivity index (χ4v) is 17.9. The van der Waals surface area contributed by atoms with Gasteiger partial charge in [0.05, 0.1) is 12.1 Å². The normalized spacial score (nSPS) is 16.6. The monoisotopic (exact) mass is 1810 g/mol. The maximum absolute atomic E-state index is 14.2. The van der Waals surface area contributed by atoms with Gasteiger partial charge in [-0.1, -0.05) is 200 Å². The number of rotatable bonds is 47. The first-order valence-corrected chi connectivity index (χ1v) is 47.5. The first-order chi connectivity index (χ1) is 60.0. The Labute approximate surface area is 765 Å². The van der Waals surface area contributed by atoms with Gasteiger partial charge in [-0.25, -0.2) is 15.0 Å². The predicted octanol–water partition coefficient (Wildman–Crippen LogP) is 14.9. The predicted molar refractivity (Wildman–Crippen MR) is 501 cm³/mol. The molecule has 6 aromatic rings. The van der Waals surface area contributed by atoms with Crippen molar-refractivity contribution in [2.45, 2.75) is 294 Å². The largest absolute Gasteiger partial charge is 0.455 e. The molecule has 1 aliphatic heterocycles. The van der Waals surface area contributed by atoms with Crippen molar-refractivity contribution in [2.24, 2.45) is 53.1 Å². The summed E-state index contributed by atoms with van der Waals surface area (Å²) in [7, 11) is 7.30. The van der Waals surface area contributed by atoms with E-state index in [1.165, 1.54) is 54.8 Å². The van der Waals surface area contributed by atoms with E-state index in [0.717, 1.165) is 48.9 Å². The molecule has 7 rings (SSSR count). The van der Waals surface area contributed by atoms with Crippen molar-refractivity contribution in [1.82, 2.24) is 56.2 Å². The molecule has 3 aromatic carbocycles. The second-order valence-corrected chi connectivity index (χ2v) is 38.1. The number of nitrogens with one attached hydrogen (secondary N) is 5. The van der Waals surface area contributed by atoms with E-state index in [-0.39, 0.29) is 166 Å². The average molecular weight is 1810 g/mol. The summed E-state index contributed by atoms with van der Waals surface area (Å²) < 4.78 is 17.0. The molecular formula is C97H144N12O15S3. The number of likely N-dealkylation sites (tertiary alicyclic amines) is 1. The third-order valence-electron chi connectivity index (χ3n) is 24.2. The molecule has 127 heavy (non-hydrogen) atoms. The molecule has 0 aliphatic carbocycles. The maximum atomic E-state index is 14.2. The van der Waals surface area contributed by atoms with Crippen LogP contribution < -0.4 is 32.3 Å². The first kappa shape index (κ1) is 108. The smallest absolute Gasteiger partial charge is 0.303 e. The molecule has 0 saturated carbocycles. The number of ether oxygens (including phenoxy) is 3. The zero-order chi connectivity index (χ0) is 94.6. The van der Waals surface area contributed by atoms with Crippen LogP contribution in [0.1, 0.15) is 284 Å². The van der Waals surface area contributed by atoms with E-state index in [9.17, 15) is 57.5 Å². The quantitative estimate of drug-likeness (QED) is 0.0153. The molecule has 1 fully saturated rings. The summed E-state index contributed by atoms with van der Waals surface area (Å²) in [6.45, 7) is 35.3. The van der Waals surface area contributed by atoms with Crippen molar-refractivity contribution in [1.29, 1.82) is 0 Å². The number of likely N-dealkylation sites (N-methyl/N-ethyl adjacent to an activating group) is 3. The van der Waals surface area contributed by atoms with E-state index in [1.807, 2.05) is 181 Å². The number of esters is 3. The third kappa shape index (κ3) is 35.9. The minimum absolute atomic E-state index is 0.0282. The standard InChI is InChI=1S/C39H59N5O6S.C32H48N4O5S.C26H37N3O4S/c1-10-25(4)35(42-37(48)32-18-14-15-19-43(32)8)39(49)44(9)33(24(2)3)22-34(50-28(7)46)38-41-31(23-51-38)36(47)40-30(20-26(5)27(6)45)21-29-16-12-11-13-17-29;1-9-20(4)29(33)32(40)36(8)27(19(2)3)17-28(41-23(7)38)31-35-26(18-42-31)30(39)34-25(15-21(5)22(6)37)16-24-13-11-10-12-14-24;1-16(2)22(27-6)14-24(33-19(5)31)26-29-23(15-34-26)25(32)28-21(12-17(3)18(4)30)13-20-10-8-7-9-11-20/h11-13,16-17,23-26,30,32-35H,10,14-15,18-22H2,1-9H3,(H,40,47)(H,42,48);10-14,18-21,25,27-29H,9,15-17,33H2,1-8H3,(H,34,39);7-11,15-17,21-22,24,27H,12-14H2,1-6H3,(H,28,32)/t25-,26-,30+,32+,33+,34+,35-;20-,21-,25+,27+,28+,29-;17-,21+,22+,24+/m000/s1. The summed E-state index contributed by atoms with van der Waals surface area (Å²) in [6.07, 6.45) is 6.62. The fraction of sp³-hybridized carbons (Fsp3) is 0.598. The second kappa shape index (κ2) is 54.2. The Morgan fingerprint density at radius 1 is 0.457 bits per heavy atom. The lowest BCUT2D eigenvalue weighted by molar-refractivity contribution is -0.150. The summed E-state index contributed by atoms with van der Waals surface area (Å²) in [5, 5.41) is 22.1. The van der Waals surface area contributed by atoms with Gasteiger partial charge in [0.2, 0.25) is 17.7 Å². The van der Waals surface area contributed by atoms with Crippen molar-refractivity contribution in [3.8, 4) is 0 Å². The SMILES string of the molecule is CC[C@H](C)[C@H](N)C(=O)N(C)[C@H](C[C@@H](OC(C)=O)c1nc(C(=O)N[C@@H](Cc2ccccc2)C[C@H](C)C(C)=O)cs1)C(C)C.CC[C@H](C)[C@H](NC(=O)[C@H]1CCCCN1C)C(=O)N(C)[C@H](C[C@@H](OC(C)=O)c1nc(C(=O)N[C@@H](Cc2ccccc2)C[C@H](C)C(C)=O)cs1)C(C)C.CN[C@H](C[C@@H](OC(C)=O)c1nc(C(=O)N[C@@H](Cc2ccccc2)C[C@H](C)C(C)=O)cs1)C(C)C. The fourth-order valence-electron chi connectivity index (χ4n) is 15.4. The number of aromatic nitrogens is 3. The van der Waals surface area contributed by atoms with E-state index < -0.39 is 42.3 Å². The van der Waals surface area contributed by atoms with Gasteiger partial charge in [0.15, 0.2) is 18.3 Å². The molecule has 4 heterocycles. The lowest BCUT2D eigenvalue weighted by Crippen LogP contribution is -2.58. The van der Waals surface area contributed by atoms with Crippen LogP contribution in [0.4, 0.5) is 0 Å². The Morgan fingerprint density at radius 3 is 1.08 bits per heavy atom. The van der Waals surface area contributed by atoms with E-state index in [1.54, 1.807) is 60.8 Å². The number of nitrogens with two attached hydrogens (primary N) is 1. The van der Waals surface area contributed by atoms with Crippen LogP contribution in [-0.2, 0) is 76.6 Å². The van der Waals surface area contributed by atoms with Crippen LogP contribution in [0.3, 0.4) is 0 Å². The molecule has 700 valence electrons. The third-order valence-corrected chi connectivity index (χ3v) is 27.0. The van der Waals surface area contributed by atoms with Crippen molar-refractivity contribution in [2.75, 3.05) is 34.7 Å². The van der Waals surface area contributed by atoms with Crippen LogP contribution >= 0.6 is 34.0 Å². The lowest BCUT2D eigenvalue weighted by Gasteiger charge is -2.38. The van der Waals surface area contributed by atoms with Crippen LogP contribution in [0.15, 0.2) is 107 Å². The topological polar surface area (TPSA) is 367 Å². The maximum Gasteiger partial charge on any atom is 0.303 e. The van der Waals surface area contributed by atoms with Crippen LogP contribution in [0.25, 0.3) is 0 Å². The molecule has 0 radical (unpaired) electrons. The van der Waals surface area contributed by atoms with E-state index >= 15 is 0 Å². The number of hydrogen-bond donors (Lipinski definition) is 6. The number of benzene rings is 3. The second-order valence-electron chi connectivity index (χ2n) is 35.5. The molecule has 27 nitrogen and oxygen atoms in total. The van der Waals surface area contributed by atoms with Gasteiger partial charge in [-0.3, -0.25) is 62.4 Å². The molecule has 0 unspecified atom stereocenters. The highest BCUT2D eigenvalue weighted by molar-refractivity contribution is 7.10. The molecule has 0 spiro atoms. The number of nitrogens with zero attached hydrogens (tertiary/aromatic N) is 6. The van der Waals surface area contributed by atoms with Crippen molar-refractivity contribution < 1.29 is 71.7 Å². The molecule has 1 aliphatic rings. The molecule has 0 bridgehead atoms. The number of hydrogen-bond acceptors (Lipinski definition) is 24. The molecule has 1 saturated heterocycles. The highest BCUT2D eigenvalue weighted by Crippen LogP contribution is 2.35. The van der Waals surface area contributed by atoms with Gasteiger partial charge in [0.25, 0.3) is 17.7 Å². The van der Waals surface area contributed by atoms with Crippen molar-refractivity contribution in [3.05, 3.63) is 156 Å². The Kier molecular flexibility index (Phi) is 46.2. The highest BCUT2D eigenvalue weighted by atomic mass is 32.1. The number of ketones is 3. The average Bonchev–Trinajstić information content (AvgIpc) is 1.76. The first-order valence-electron chi connectivity index (χ1n) is 44.9. The van der Waals surface area contributed by atoms with Gasteiger partial charge >= 0.3 is 17.9 Å². The number of carbonyl (C=O) groups excluding carboxylic acids is 12. The van der Waals surface area contributed by atoms with Gasteiger partial charge < -0.3 is 56.3 Å². The Morgan fingerprint density at radius 2 is 0.787 bits per heavy atom. The Bertz CT molecular complexity index is 4470. The zero-order valence-electron chi connectivity index (χ0n) is 79.2.